The fourth-order valence-electron chi connectivity index (χ4n) is 1.58. The minimum atomic E-state index is -0.547. The Labute approximate surface area is 121 Å². The van der Waals surface area contributed by atoms with Gasteiger partial charge >= 0.3 is 0 Å². The van der Waals surface area contributed by atoms with Gasteiger partial charge in [-0.05, 0) is 36.8 Å². The molecule has 0 aliphatic carbocycles. The molecule has 0 bridgehead atoms. The predicted molar refractivity (Wildman–Crippen MR) is 76.0 cm³/mol. The first-order chi connectivity index (χ1) is 9.08. The summed E-state index contributed by atoms with van der Waals surface area (Å²) in [7, 11) is 0. The van der Waals surface area contributed by atoms with Gasteiger partial charge in [-0.3, -0.25) is 4.98 Å². The van der Waals surface area contributed by atoms with Gasteiger partial charge in [-0.1, -0.05) is 30.1 Å². The highest BCUT2D eigenvalue weighted by Crippen LogP contribution is 2.28. The molecule has 0 aliphatic heterocycles. The highest BCUT2D eigenvalue weighted by molar-refractivity contribution is 6.34. The number of rotatable bonds is 4. The number of benzene rings is 1. The number of halogens is 2. The molecular weight excluding hydrogens is 285 g/mol. The number of nitrogens with zero attached hydrogens (tertiary/aromatic N) is 1. The van der Waals surface area contributed by atoms with Crippen molar-refractivity contribution in [1.29, 1.82) is 0 Å². The minimum Gasteiger partial charge on any atom is -0.456 e. The van der Waals surface area contributed by atoms with Crippen molar-refractivity contribution in [1.82, 2.24) is 4.98 Å². The van der Waals surface area contributed by atoms with E-state index in [0.29, 0.717) is 33.7 Å². The smallest absolute Gasteiger partial charge is 0.145 e. The van der Waals surface area contributed by atoms with Crippen LogP contribution in [0.4, 0.5) is 0 Å². The van der Waals surface area contributed by atoms with Crippen molar-refractivity contribution >= 4 is 23.2 Å². The summed E-state index contributed by atoms with van der Waals surface area (Å²) in [4.78, 5) is 4.15. The largest absolute Gasteiger partial charge is 0.456 e. The van der Waals surface area contributed by atoms with Gasteiger partial charge in [-0.2, -0.15) is 0 Å². The molecule has 2 rings (SSSR count). The maximum atomic E-state index is 9.64. The summed E-state index contributed by atoms with van der Waals surface area (Å²) in [6, 6.07) is 8.45. The lowest BCUT2D eigenvalue weighted by Gasteiger charge is -2.09. The van der Waals surface area contributed by atoms with E-state index >= 15 is 0 Å². The third-order valence-corrected chi connectivity index (χ3v) is 3.00. The molecule has 0 radical (unpaired) electrons. The predicted octanol–water partition coefficient (Wildman–Crippen LogP) is 4.62. The monoisotopic (exact) mass is 297 g/mol. The Balaban J connectivity index is 2.15. The van der Waals surface area contributed by atoms with Gasteiger partial charge in [0.2, 0.25) is 0 Å². The number of aliphatic hydroxyl groups excluding tert-OH is 1. The molecule has 0 saturated heterocycles. The zero-order valence-corrected chi connectivity index (χ0v) is 11.8. The van der Waals surface area contributed by atoms with Crippen molar-refractivity contribution in [2.24, 2.45) is 0 Å². The second-order valence-electron chi connectivity index (χ2n) is 4.05. The Kier molecular flexibility index (Phi) is 4.64. The van der Waals surface area contributed by atoms with E-state index in [4.69, 9.17) is 27.9 Å². The summed E-state index contributed by atoms with van der Waals surface area (Å²) >= 11 is 11.8. The number of ether oxygens (including phenoxy) is 1. The van der Waals surface area contributed by atoms with Crippen LogP contribution in [0.15, 0.2) is 36.5 Å². The average molecular weight is 298 g/mol. The lowest BCUT2D eigenvalue weighted by Crippen LogP contribution is -1.98. The number of hydrogen-bond donors (Lipinski definition) is 1. The standard InChI is InChI=1S/C14H13Cl2NO2/c1-2-14(18)13-4-3-11(8-17-13)19-12-6-9(15)5-10(16)7-12/h3-8,14,18H,2H2,1H3/t14-/m1/s1. The highest BCUT2D eigenvalue weighted by Gasteiger charge is 2.07. The topological polar surface area (TPSA) is 42.4 Å². The normalized spacial score (nSPS) is 12.2. The number of aliphatic hydroxyl groups is 1. The Hall–Kier alpha value is -1.29. The molecule has 5 heteroatoms. The highest BCUT2D eigenvalue weighted by atomic mass is 35.5. The van der Waals surface area contributed by atoms with Crippen LogP contribution in [0.2, 0.25) is 10.0 Å². The molecule has 100 valence electrons. The third-order valence-electron chi connectivity index (χ3n) is 2.56. The molecule has 0 aliphatic rings. The molecule has 1 atom stereocenters. The van der Waals surface area contributed by atoms with E-state index in [1.165, 1.54) is 0 Å². The first kappa shape index (κ1) is 14.1. The molecule has 0 amide bonds. The van der Waals surface area contributed by atoms with Crippen LogP contribution in [-0.4, -0.2) is 10.1 Å². The van der Waals surface area contributed by atoms with Crippen LogP contribution in [0.5, 0.6) is 11.5 Å². The van der Waals surface area contributed by atoms with Crippen LogP contribution in [0, 0.1) is 0 Å². The lowest BCUT2D eigenvalue weighted by molar-refractivity contribution is 0.169. The molecule has 19 heavy (non-hydrogen) atoms. The average Bonchev–Trinajstić information content (AvgIpc) is 2.37. The van der Waals surface area contributed by atoms with E-state index in [1.807, 2.05) is 6.92 Å². The molecule has 0 fully saturated rings. The second-order valence-corrected chi connectivity index (χ2v) is 4.92. The van der Waals surface area contributed by atoms with Gasteiger partial charge in [-0.15, -0.1) is 0 Å². The van der Waals surface area contributed by atoms with E-state index in [2.05, 4.69) is 4.98 Å². The van der Waals surface area contributed by atoms with Gasteiger partial charge < -0.3 is 9.84 Å². The zero-order valence-electron chi connectivity index (χ0n) is 10.3. The summed E-state index contributed by atoms with van der Waals surface area (Å²) in [6.07, 6.45) is 1.63. The molecule has 1 aromatic heterocycles. The Bertz CT molecular complexity index is 538. The van der Waals surface area contributed by atoms with Crippen LogP contribution >= 0.6 is 23.2 Å². The Morgan fingerprint density at radius 3 is 2.37 bits per heavy atom. The van der Waals surface area contributed by atoms with E-state index in [-0.39, 0.29) is 0 Å². The van der Waals surface area contributed by atoms with Gasteiger partial charge in [0.25, 0.3) is 0 Å². The molecule has 0 saturated carbocycles. The second kappa shape index (κ2) is 6.24. The number of aromatic nitrogens is 1. The maximum absolute atomic E-state index is 9.64. The van der Waals surface area contributed by atoms with Gasteiger partial charge in [0.05, 0.1) is 18.0 Å². The molecule has 1 heterocycles. The molecule has 1 N–H and O–H groups in total. The summed E-state index contributed by atoms with van der Waals surface area (Å²) in [6.45, 7) is 1.89. The van der Waals surface area contributed by atoms with E-state index in [9.17, 15) is 5.11 Å². The summed E-state index contributed by atoms with van der Waals surface area (Å²) in [5, 5.41) is 10.7. The first-order valence-corrected chi connectivity index (χ1v) is 6.62. The van der Waals surface area contributed by atoms with Crippen LogP contribution in [0.3, 0.4) is 0 Å². The molecule has 0 unspecified atom stereocenters. The van der Waals surface area contributed by atoms with Crippen molar-refractivity contribution in [2.45, 2.75) is 19.4 Å². The molecular formula is C14H13Cl2NO2. The minimum absolute atomic E-state index is 0.508. The van der Waals surface area contributed by atoms with Gasteiger partial charge in [-0.25, -0.2) is 0 Å². The van der Waals surface area contributed by atoms with E-state index in [1.54, 1.807) is 36.5 Å². The number of hydrogen-bond acceptors (Lipinski definition) is 3. The fourth-order valence-corrected chi connectivity index (χ4v) is 2.09. The number of pyridine rings is 1. The van der Waals surface area contributed by atoms with Gasteiger partial charge in [0, 0.05) is 10.0 Å². The maximum Gasteiger partial charge on any atom is 0.145 e. The van der Waals surface area contributed by atoms with Crippen LogP contribution in [0.1, 0.15) is 25.1 Å². The Morgan fingerprint density at radius 2 is 1.84 bits per heavy atom. The van der Waals surface area contributed by atoms with Crippen molar-refractivity contribution in [3.8, 4) is 11.5 Å². The van der Waals surface area contributed by atoms with Gasteiger partial charge in [0.1, 0.15) is 11.5 Å². The third kappa shape index (κ3) is 3.83. The molecule has 1 aromatic carbocycles. The zero-order chi connectivity index (χ0) is 13.8. The van der Waals surface area contributed by atoms with Crippen LogP contribution in [0.25, 0.3) is 0 Å². The Morgan fingerprint density at radius 1 is 1.16 bits per heavy atom. The first-order valence-electron chi connectivity index (χ1n) is 5.86. The summed E-state index contributed by atoms with van der Waals surface area (Å²) < 4.78 is 5.60. The quantitative estimate of drug-likeness (QED) is 0.895. The van der Waals surface area contributed by atoms with E-state index in [0.717, 1.165) is 0 Å². The summed E-state index contributed by atoms with van der Waals surface area (Å²) in [5.74, 6) is 1.11. The molecule has 3 nitrogen and oxygen atoms in total. The van der Waals surface area contributed by atoms with Crippen molar-refractivity contribution < 1.29 is 9.84 Å². The van der Waals surface area contributed by atoms with Crippen LogP contribution < -0.4 is 4.74 Å². The van der Waals surface area contributed by atoms with Crippen molar-refractivity contribution in [2.75, 3.05) is 0 Å². The molecule has 0 spiro atoms. The fraction of sp³-hybridized carbons (Fsp3) is 0.214. The van der Waals surface area contributed by atoms with Gasteiger partial charge in [0.15, 0.2) is 0 Å². The van der Waals surface area contributed by atoms with Crippen LogP contribution in [-0.2, 0) is 0 Å². The van der Waals surface area contributed by atoms with Crippen molar-refractivity contribution in [3.63, 3.8) is 0 Å². The van der Waals surface area contributed by atoms with Crippen molar-refractivity contribution in [3.05, 3.63) is 52.3 Å². The van der Waals surface area contributed by atoms with E-state index < -0.39 is 6.10 Å². The lowest BCUT2D eigenvalue weighted by atomic mass is 10.2. The molecule has 2 aromatic rings. The SMILES string of the molecule is CC[C@@H](O)c1ccc(Oc2cc(Cl)cc(Cl)c2)cn1. The summed E-state index contributed by atoms with van der Waals surface area (Å²) in [5.41, 5.74) is 0.624.